The molecule has 0 saturated carbocycles. The van der Waals surface area contributed by atoms with Crippen LogP contribution in [0.4, 0.5) is 4.39 Å². The molecule has 1 aromatic heterocycles. The van der Waals surface area contributed by atoms with Crippen LogP contribution < -0.4 is 5.32 Å². The molecule has 0 amide bonds. The highest BCUT2D eigenvalue weighted by Crippen LogP contribution is 2.29. The van der Waals surface area contributed by atoms with Crippen molar-refractivity contribution in [3.8, 4) is 0 Å². The standard InChI is InChI=1S/C18H23FN2/c1-6-20-18(15-8-7-13(4)21-14(15)5)17-12(3)9-11(2)10-16(17)19/h7-10,18,20H,6H2,1-5H3. The van der Waals surface area contributed by atoms with Gasteiger partial charge < -0.3 is 5.32 Å². The van der Waals surface area contributed by atoms with Crippen molar-refractivity contribution in [1.82, 2.24) is 10.3 Å². The molecule has 21 heavy (non-hydrogen) atoms. The van der Waals surface area contributed by atoms with Gasteiger partial charge >= 0.3 is 0 Å². The third-order valence-electron chi connectivity index (χ3n) is 3.75. The molecule has 1 heterocycles. The van der Waals surface area contributed by atoms with Crippen LogP contribution >= 0.6 is 0 Å². The number of nitrogens with one attached hydrogen (secondary N) is 1. The summed E-state index contributed by atoms with van der Waals surface area (Å²) in [6, 6.07) is 7.49. The molecule has 1 atom stereocenters. The summed E-state index contributed by atoms with van der Waals surface area (Å²) in [5.74, 6) is -0.154. The van der Waals surface area contributed by atoms with Crippen LogP contribution in [0.25, 0.3) is 0 Å². The number of aryl methyl sites for hydroxylation is 4. The maximum absolute atomic E-state index is 14.5. The number of rotatable bonds is 4. The van der Waals surface area contributed by atoms with Crippen LogP contribution in [-0.2, 0) is 0 Å². The first-order valence-electron chi connectivity index (χ1n) is 7.38. The van der Waals surface area contributed by atoms with Gasteiger partial charge in [0, 0.05) is 17.0 Å². The molecule has 0 fully saturated rings. The smallest absolute Gasteiger partial charge is 0.128 e. The molecule has 0 aliphatic rings. The molecular weight excluding hydrogens is 263 g/mol. The summed E-state index contributed by atoms with van der Waals surface area (Å²) in [6.07, 6.45) is 0. The predicted molar refractivity (Wildman–Crippen MR) is 85.1 cm³/mol. The van der Waals surface area contributed by atoms with Crippen LogP contribution in [0.5, 0.6) is 0 Å². The monoisotopic (exact) mass is 286 g/mol. The van der Waals surface area contributed by atoms with E-state index in [4.69, 9.17) is 0 Å². The van der Waals surface area contributed by atoms with Crippen LogP contribution in [-0.4, -0.2) is 11.5 Å². The van der Waals surface area contributed by atoms with Gasteiger partial charge in [-0.2, -0.15) is 0 Å². The highest BCUT2D eigenvalue weighted by atomic mass is 19.1. The number of pyridine rings is 1. The molecule has 0 aliphatic heterocycles. The second-order valence-corrected chi connectivity index (χ2v) is 5.60. The summed E-state index contributed by atoms with van der Waals surface area (Å²) in [5, 5.41) is 3.40. The van der Waals surface area contributed by atoms with Crippen LogP contribution in [0.1, 0.15) is 46.6 Å². The lowest BCUT2D eigenvalue weighted by molar-refractivity contribution is 0.552. The quantitative estimate of drug-likeness (QED) is 0.913. The van der Waals surface area contributed by atoms with Gasteiger partial charge in [0.2, 0.25) is 0 Å². The van der Waals surface area contributed by atoms with Crippen LogP contribution in [0, 0.1) is 33.5 Å². The Morgan fingerprint density at radius 2 is 1.86 bits per heavy atom. The molecule has 0 aliphatic carbocycles. The summed E-state index contributed by atoms with van der Waals surface area (Å²) < 4.78 is 14.5. The van der Waals surface area contributed by atoms with Crippen molar-refractivity contribution in [1.29, 1.82) is 0 Å². The molecule has 1 aromatic carbocycles. The first-order chi connectivity index (χ1) is 9.93. The second kappa shape index (κ2) is 6.35. The van der Waals surface area contributed by atoms with Gasteiger partial charge in [0.15, 0.2) is 0 Å². The molecule has 2 nitrogen and oxygen atoms in total. The van der Waals surface area contributed by atoms with Gasteiger partial charge in [0.1, 0.15) is 5.82 Å². The average Bonchev–Trinajstić information content (AvgIpc) is 2.37. The molecule has 1 N–H and O–H groups in total. The van der Waals surface area contributed by atoms with Crippen molar-refractivity contribution >= 4 is 0 Å². The summed E-state index contributed by atoms with van der Waals surface area (Å²) in [6.45, 7) is 10.6. The summed E-state index contributed by atoms with van der Waals surface area (Å²) in [7, 11) is 0. The molecule has 0 radical (unpaired) electrons. The molecule has 2 rings (SSSR count). The van der Waals surface area contributed by atoms with Gasteiger partial charge in [0.25, 0.3) is 0 Å². The third kappa shape index (κ3) is 3.30. The topological polar surface area (TPSA) is 24.9 Å². The third-order valence-corrected chi connectivity index (χ3v) is 3.75. The number of halogens is 1. The molecule has 0 saturated heterocycles. The Hall–Kier alpha value is -1.74. The molecule has 0 spiro atoms. The Labute approximate surface area is 126 Å². The van der Waals surface area contributed by atoms with E-state index in [0.717, 1.165) is 40.2 Å². The van der Waals surface area contributed by atoms with Crippen molar-refractivity contribution in [3.05, 3.63) is 63.7 Å². The fourth-order valence-electron chi connectivity index (χ4n) is 2.87. The van der Waals surface area contributed by atoms with Gasteiger partial charge in [-0.1, -0.05) is 19.1 Å². The van der Waals surface area contributed by atoms with E-state index in [0.29, 0.717) is 0 Å². The maximum atomic E-state index is 14.5. The zero-order chi connectivity index (χ0) is 15.6. The lowest BCUT2D eigenvalue weighted by Gasteiger charge is -2.23. The van der Waals surface area contributed by atoms with E-state index in [2.05, 4.69) is 10.3 Å². The highest BCUT2D eigenvalue weighted by molar-refractivity contribution is 5.41. The second-order valence-electron chi connectivity index (χ2n) is 5.60. The number of hydrogen-bond donors (Lipinski definition) is 1. The minimum atomic E-state index is -0.163. The molecule has 1 unspecified atom stereocenters. The molecule has 0 bridgehead atoms. The largest absolute Gasteiger partial charge is 0.306 e. The molecule has 112 valence electrons. The summed E-state index contributed by atoms with van der Waals surface area (Å²) in [5.41, 5.74) is 5.60. The van der Waals surface area contributed by atoms with Gasteiger partial charge in [-0.3, -0.25) is 4.98 Å². The highest BCUT2D eigenvalue weighted by Gasteiger charge is 2.21. The number of hydrogen-bond acceptors (Lipinski definition) is 2. The number of nitrogens with zero attached hydrogens (tertiary/aromatic N) is 1. The minimum Gasteiger partial charge on any atom is -0.306 e. The first kappa shape index (κ1) is 15.6. The zero-order valence-electron chi connectivity index (χ0n) is 13.4. The Bertz CT molecular complexity index is 627. The van der Waals surface area contributed by atoms with E-state index < -0.39 is 0 Å². The normalized spacial score (nSPS) is 12.5. The van der Waals surface area contributed by atoms with Gasteiger partial charge in [0.05, 0.1) is 6.04 Å². The van der Waals surface area contributed by atoms with E-state index in [1.54, 1.807) is 6.07 Å². The summed E-state index contributed by atoms with van der Waals surface area (Å²) in [4.78, 5) is 4.52. The SMILES string of the molecule is CCNC(c1ccc(C)nc1C)c1c(C)cc(C)cc1F. The maximum Gasteiger partial charge on any atom is 0.128 e. The van der Waals surface area contributed by atoms with E-state index in [1.807, 2.05) is 52.8 Å². The number of aromatic nitrogens is 1. The van der Waals surface area contributed by atoms with Crippen molar-refractivity contribution in [2.45, 2.75) is 40.7 Å². The van der Waals surface area contributed by atoms with Crippen molar-refractivity contribution in [2.24, 2.45) is 0 Å². The van der Waals surface area contributed by atoms with Crippen molar-refractivity contribution in [3.63, 3.8) is 0 Å². The van der Waals surface area contributed by atoms with Crippen LogP contribution in [0.15, 0.2) is 24.3 Å². The molecular formula is C18H23FN2. The first-order valence-corrected chi connectivity index (χ1v) is 7.38. The van der Waals surface area contributed by atoms with E-state index >= 15 is 0 Å². The van der Waals surface area contributed by atoms with Crippen LogP contribution in [0.2, 0.25) is 0 Å². The molecule has 2 aromatic rings. The van der Waals surface area contributed by atoms with E-state index in [9.17, 15) is 4.39 Å². The van der Waals surface area contributed by atoms with E-state index in [1.165, 1.54) is 0 Å². The summed E-state index contributed by atoms with van der Waals surface area (Å²) >= 11 is 0. The Kier molecular flexibility index (Phi) is 4.73. The van der Waals surface area contributed by atoms with Gasteiger partial charge in [-0.15, -0.1) is 0 Å². The van der Waals surface area contributed by atoms with Crippen LogP contribution in [0.3, 0.4) is 0 Å². The predicted octanol–water partition coefficient (Wildman–Crippen LogP) is 4.15. The Morgan fingerprint density at radius 1 is 1.14 bits per heavy atom. The van der Waals surface area contributed by atoms with Gasteiger partial charge in [-0.05, 0) is 63.1 Å². The van der Waals surface area contributed by atoms with Crippen molar-refractivity contribution < 1.29 is 4.39 Å². The minimum absolute atomic E-state index is 0.154. The Morgan fingerprint density at radius 3 is 2.43 bits per heavy atom. The lowest BCUT2D eigenvalue weighted by Crippen LogP contribution is -2.25. The van der Waals surface area contributed by atoms with Crippen molar-refractivity contribution in [2.75, 3.05) is 6.54 Å². The lowest BCUT2D eigenvalue weighted by atomic mass is 9.92. The average molecular weight is 286 g/mol. The van der Waals surface area contributed by atoms with Gasteiger partial charge in [-0.25, -0.2) is 4.39 Å². The van der Waals surface area contributed by atoms with E-state index in [-0.39, 0.29) is 11.9 Å². The Balaban J connectivity index is 2.59. The fourth-order valence-corrected chi connectivity index (χ4v) is 2.87. The fraction of sp³-hybridized carbons (Fsp3) is 0.389. The zero-order valence-corrected chi connectivity index (χ0v) is 13.4. The number of benzene rings is 1. The molecule has 3 heteroatoms.